The van der Waals surface area contributed by atoms with Crippen molar-refractivity contribution < 1.29 is 22.3 Å². The zero-order valence-corrected chi connectivity index (χ0v) is 16.6. The molecule has 5 aromatic rings. The summed E-state index contributed by atoms with van der Waals surface area (Å²) >= 11 is 0. The van der Waals surface area contributed by atoms with Gasteiger partial charge in [0.05, 0.1) is 29.4 Å². The predicted molar refractivity (Wildman–Crippen MR) is 115 cm³/mol. The van der Waals surface area contributed by atoms with Crippen LogP contribution in [0.1, 0.15) is 0 Å². The highest BCUT2D eigenvalue weighted by Crippen LogP contribution is 2.34. The molecule has 0 aliphatic heterocycles. The van der Waals surface area contributed by atoms with E-state index in [0.717, 1.165) is 33.2 Å². The van der Waals surface area contributed by atoms with E-state index < -0.39 is 10.4 Å². The summed E-state index contributed by atoms with van der Waals surface area (Å²) in [6.45, 7) is 0. The van der Waals surface area contributed by atoms with Crippen LogP contribution in [0.2, 0.25) is 0 Å². The van der Waals surface area contributed by atoms with Crippen molar-refractivity contribution in [2.75, 3.05) is 7.11 Å². The second-order valence-electron chi connectivity index (χ2n) is 6.43. The number of aromatic amines is 1. The Morgan fingerprint density at radius 3 is 2.43 bits per heavy atom. The van der Waals surface area contributed by atoms with E-state index in [0.29, 0.717) is 5.88 Å². The summed E-state index contributed by atoms with van der Waals surface area (Å²) < 4.78 is 36.9. The van der Waals surface area contributed by atoms with Gasteiger partial charge in [0.1, 0.15) is 0 Å². The fraction of sp³-hybridized carbons (Fsp3) is 0.0476. The minimum atomic E-state index is -4.67. The van der Waals surface area contributed by atoms with Crippen LogP contribution in [-0.2, 0) is 10.4 Å². The maximum Gasteiger partial charge on any atom is 0.394 e. The number of pyridine rings is 2. The standard InChI is InChI=1S/C21H15N3O.H2O4S/c1-25-18-10-9-17-19(24-18)16-11-12-22-20(21(16)23-17)15-8-4-6-13-5-2-3-7-14(13)15;1-5(2,3)4/h2-12,23H,1H3;(H2,1,2,3,4). The first-order valence-corrected chi connectivity index (χ1v) is 10.2. The molecule has 3 aromatic heterocycles. The molecule has 3 heterocycles. The lowest BCUT2D eigenvalue weighted by Gasteiger charge is -2.07. The fourth-order valence-electron chi connectivity index (χ4n) is 3.42. The normalized spacial score (nSPS) is 11.4. The molecule has 0 spiro atoms. The molecule has 9 heteroatoms. The molecule has 0 fully saturated rings. The Kier molecular flexibility index (Phi) is 5.08. The maximum absolute atomic E-state index is 8.74. The van der Waals surface area contributed by atoms with Gasteiger partial charge in [-0.25, -0.2) is 4.98 Å². The lowest BCUT2D eigenvalue weighted by Crippen LogP contribution is -1.89. The maximum atomic E-state index is 8.74. The summed E-state index contributed by atoms with van der Waals surface area (Å²) in [5, 5.41) is 3.44. The lowest BCUT2D eigenvalue weighted by molar-refractivity contribution is 0.381. The van der Waals surface area contributed by atoms with Crippen LogP contribution in [0.15, 0.2) is 66.9 Å². The SMILES string of the molecule is COc1ccc2[nH]c3c(-c4cccc5ccccc45)nccc3c2n1.O=S(=O)(O)O. The molecule has 0 aliphatic carbocycles. The van der Waals surface area contributed by atoms with E-state index in [9.17, 15) is 0 Å². The zero-order valence-electron chi connectivity index (χ0n) is 15.8. The number of hydrogen-bond acceptors (Lipinski definition) is 5. The van der Waals surface area contributed by atoms with Crippen molar-refractivity contribution in [3.8, 4) is 17.1 Å². The van der Waals surface area contributed by atoms with Crippen molar-refractivity contribution in [2.45, 2.75) is 0 Å². The third-order valence-corrected chi connectivity index (χ3v) is 4.59. The van der Waals surface area contributed by atoms with Gasteiger partial charge in [0.25, 0.3) is 0 Å². The summed E-state index contributed by atoms with van der Waals surface area (Å²) in [4.78, 5) is 12.8. The number of aromatic nitrogens is 3. The number of fused-ring (bicyclic) bond motifs is 4. The minimum Gasteiger partial charge on any atom is -0.481 e. The van der Waals surface area contributed by atoms with E-state index in [4.69, 9.17) is 22.3 Å². The van der Waals surface area contributed by atoms with Gasteiger partial charge in [-0.2, -0.15) is 8.42 Å². The summed E-state index contributed by atoms with van der Waals surface area (Å²) in [6, 6.07) is 20.5. The van der Waals surface area contributed by atoms with Crippen molar-refractivity contribution in [2.24, 2.45) is 0 Å². The summed E-state index contributed by atoms with van der Waals surface area (Å²) in [6.07, 6.45) is 1.84. The molecule has 0 bridgehead atoms. The molecular weight excluding hydrogens is 406 g/mol. The molecule has 30 heavy (non-hydrogen) atoms. The van der Waals surface area contributed by atoms with Gasteiger partial charge in [-0.15, -0.1) is 0 Å². The van der Waals surface area contributed by atoms with E-state index in [2.05, 4.69) is 57.4 Å². The second-order valence-corrected chi connectivity index (χ2v) is 7.33. The largest absolute Gasteiger partial charge is 0.481 e. The van der Waals surface area contributed by atoms with Crippen molar-refractivity contribution in [3.63, 3.8) is 0 Å². The number of hydrogen-bond donors (Lipinski definition) is 3. The molecular formula is C21H17N3O5S. The lowest BCUT2D eigenvalue weighted by atomic mass is 10.0. The van der Waals surface area contributed by atoms with E-state index >= 15 is 0 Å². The van der Waals surface area contributed by atoms with E-state index in [-0.39, 0.29) is 0 Å². The number of nitrogens with zero attached hydrogens (tertiary/aromatic N) is 2. The highest BCUT2D eigenvalue weighted by atomic mass is 32.3. The number of ether oxygens (including phenoxy) is 1. The average Bonchev–Trinajstić information content (AvgIpc) is 3.10. The van der Waals surface area contributed by atoms with E-state index in [1.807, 2.05) is 24.4 Å². The van der Waals surface area contributed by atoms with Gasteiger partial charge in [0.2, 0.25) is 5.88 Å². The smallest absolute Gasteiger partial charge is 0.394 e. The number of nitrogens with one attached hydrogen (secondary N) is 1. The van der Waals surface area contributed by atoms with Crippen molar-refractivity contribution >= 4 is 43.1 Å². The van der Waals surface area contributed by atoms with E-state index in [1.54, 1.807) is 7.11 Å². The average molecular weight is 423 g/mol. The van der Waals surface area contributed by atoms with Gasteiger partial charge in [-0.05, 0) is 22.9 Å². The number of methoxy groups -OCH3 is 1. The van der Waals surface area contributed by atoms with E-state index in [1.165, 1.54) is 10.8 Å². The van der Waals surface area contributed by atoms with Crippen molar-refractivity contribution in [1.29, 1.82) is 0 Å². The summed E-state index contributed by atoms with van der Waals surface area (Å²) in [5.74, 6) is 0.608. The van der Waals surface area contributed by atoms with Crippen molar-refractivity contribution in [1.82, 2.24) is 15.0 Å². The fourth-order valence-corrected chi connectivity index (χ4v) is 3.42. The molecule has 5 rings (SSSR count). The third-order valence-electron chi connectivity index (χ3n) is 4.59. The molecule has 2 aromatic carbocycles. The zero-order chi connectivity index (χ0) is 21.3. The third kappa shape index (κ3) is 3.94. The highest BCUT2D eigenvalue weighted by Gasteiger charge is 2.14. The van der Waals surface area contributed by atoms with Crippen LogP contribution in [0.3, 0.4) is 0 Å². The second kappa shape index (κ2) is 7.71. The van der Waals surface area contributed by atoms with Crippen molar-refractivity contribution in [3.05, 3.63) is 66.9 Å². The Balaban J connectivity index is 0.000000393. The topological polar surface area (TPSA) is 125 Å². The van der Waals surface area contributed by atoms with Gasteiger partial charge in [0, 0.05) is 23.2 Å². The van der Waals surface area contributed by atoms with Crippen LogP contribution in [0.25, 0.3) is 44.0 Å². The molecule has 0 saturated heterocycles. The van der Waals surface area contributed by atoms with Crippen LogP contribution in [0.5, 0.6) is 5.88 Å². The van der Waals surface area contributed by atoms with Gasteiger partial charge in [-0.3, -0.25) is 14.1 Å². The van der Waals surface area contributed by atoms with Gasteiger partial charge in [0.15, 0.2) is 0 Å². The van der Waals surface area contributed by atoms with Crippen LogP contribution >= 0.6 is 0 Å². The molecule has 0 radical (unpaired) electrons. The Hall–Kier alpha value is -3.53. The van der Waals surface area contributed by atoms with Crippen LogP contribution in [-0.4, -0.2) is 39.6 Å². The number of H-pyrrole nitrogens is 1. The first-order chi connectivity index (χ1) is 14.3. The highest BCUT2D eigenvalue weighted by molar-refractivity contribution is 7.79. The van der Waals surface area contributed by atoms with Gasteiger partial charge in [-0.1, -0.05) is 42.5 Å². The monoisotopic (exact) mass is 423 g/mol. The molecule has 3 N–H and O–H groups in total. The first-order valence-electron chi connectivity index (χ1n) is 8.84. The Labute approximate surface area is 171 Å². The molecule has 0 amide bonds. The molecule has 0 saturated carbocycles. The number of rotatable bonds is 2. The molecule has 152 valence electrons. The Morgan fingerprint density at radius 1 is 0.933 bits per heavy atom. The summed E-state index contributed by atoms with van der Waals surface area (Å²) in [5.41, 5.74) is 4.92. The van der Waals surface area contributed by atoms with Gasteiger partial charge < -0.3 is 9.72 Å². The molecule has 0 aliphatic rings. The first kappa shape index (κ1) is 19.8. The Bertz CT molecular complexity index is 1470. The number of benzene rings is 2. The quantitative estimate of drug-likeness (QED) is 0.362. The molecule has 8 nitrogen and oxygen atoms in total. The molecule has 0 unspecified atom stereocenters. The van der Waals surface area contributed by atoms with Crippen LogP contribution in [0.4, 0.5) is 0 Å². The molecule has 0 atom stereocenters. The summed E-state index contributed by atoms with van der Waals surface area (Å²) in [7, 11) is -3.04. The minimum absolute atomic E-state index is 0.608. The predicted octanol–water partition coefficient (Wildman–Crippen LogP) is 4.29. The van der Waals surface area contributed by atoms with Crippen LogP contribution < -0.4 is 4.74 Å². The Morgan fingerprint density at radius 2 is 1.67 bits per heavy atom. The van der Waals surface area contributed by atoms with Gasteiger partial charge >= 0.3 is 10.4 Å². The van der Waals surface area contributed by atoms with Crippen LogP contribution in [0, 0.1) is 0 Å².